The second-order valence-corrected chi connectivity index (χ2v) is 10.4. The third-order valence-electron chi connectivity index (χ3n) is 2.72. The summed E-state index contributed by atoms with van der Waals surface area (Å²) in [5, 5.41) is 0. The summed E-state index contributed by atoms with van der Waals surface area (Å²) >= 11 is 0. The van der Waals surface area contributed by atoms with Gasteiger partial charge in [0.25, 0.3) is 6.47 Å². The van der Waals surface area contributed by atoms with Gasteiger partial charge in [-0.15, -0.1) is 0 Å². The van der Waals surface area contributed by atoms with Gasteiger partial charge in [-0.1, -0.05) is 30.3 Å². The number of rotatable bonds is 10. The molecule has 0 aliphatic carbocycles. The molecule has 3 radical (unpaired) electrons. The van der Waals surface area contributed by atoms with Gasteiger partial charge < -0.3 is 9.16 Å². The van der Waals surface area contributed by atoms with Crippen LogP contribution in [0.5, 0.6) is 0 Å². The molecule has 0 amide bonds. The van der Waals surface area contributed by atoms with E-state index >= 15 is 0 Å². The normalized spacial score (nSPS) is 13.5. The smallest absolute Gasteiger partial charge is 0.293 e. The summed E-state index contributed by atoms with van der Waals surface area (Å²) < 4.78 is 10.9. The third kappa shape index (κ3) is 8.67. The molecule has 1 aromatic rings. The molecule has 0 saturated heterocycles. The molecule has 0 fully saturated rings. The highest BCUT2D eigenvalue weighted by atomic mass is 28.4. The largest absolute Gasteiger partial charge is 0.547 e. The molecule has 0 N–H and O–H groups in total. The molecule has 1 atom stereocenters. The van der Waals surface area contributed by atoms with Crippen LogP contribution in [0.1, 0.15) is 12.5 Å². The first kappa shape index (κ1) is 18.5. The zero-order valence-electron chi connectivity index (χ0n) is 13.8. The number of ether oxygens (including phenoxy) is 1. The van der Waals surface area contributed by atoms with Crippen LogP contribution in [0.25, 0.3) is 0 Å². The summed E-state index contributed by atoms with van der Waals surface area (Å²) in [5.74, 6) is 0.859. The minimum Gasteiger partial charge on any atom is -0.547 e. The first-order valence-corrected chi connectivity index (χ1v) is 10.9. The lowest BCUT2D eigenvalue weighted by atomic mass is 10.1. The van der Waals surface area contributed by atoms with Crippen molar-refractivity contribution >= 4 is 14.8 Å². The maximum Gasteiger partial charge on any atom is 0.293 e. The number of hydrogen-bond acceptors (Lipinski definition) is 3. The topological polar surface area (TPSA) is 35.5 Å². The van der Waals surface area contributed by atoms with Crippen LogP contribution in [0.2, 0.25) is 19.6 Å². The van der Waals surface area contributed by atoms with Crippen molar-refractivity contribution in [1.29, 1.82) is 0 Å². The molecule has 1 unspecified atom stereocenters. The molecule has 0 aromatic heterocycles. The quantitative estimate of drug-likeness (QED) is 0.370. The van der Waals surface area contributed by atoms with Crippen LogP contribution < -0.4 is 0 Å². The number of carbonyl (C=O) groups is 1. The summed E-state index contributed by atoms with van der Waals surface area (Å²) in [6, 6.07) is 10.3. The highest BCUT2D eigenvalue weighted by molar-refractivity contribution is 6.70. The van der Waals surface area contributed by atoms with Crippen LogP contribution in [0.15, 0.2) is 42.2 Å². The van der Waals surface area contributed by atoms with E-state index in [1.165, 1.54) is 5.56 Å². The Morgan fingerprint density at radius 2 is 1.91 bits per heavy atom. The molecular weight excluding hydrogens is 292 g/mol. The average Bonchev–Trinajstić information content (AvgIpc) is 2.44. The lowest BCUT2D eigenvalue weighted by molar-refractivity contribution is -0.131. The minimum atomic E-state index is -1.67. The molecule has 0 bridgehead atoms. The van der Waals surface area contributed by atoms with Crippen molar-refractivity contribution < 1.29 is 14.0 Å². The fraction of sp³-hybridized carbons (Fsp3) is 0.333. The number of benzene rings is 1. The first-order chi connectivity index (χ1) is 10.4. The Labute approximate surface area is 135 Å². The van der Waals surface area contributed by atoms with Crippen LogP contribution in [-0.2, 0) is 20.4 Å². The Morgan fingerprint density at radius 1 is 1.23 bits per heavy atom. The molecule has 0 heterocycles. The van der Waals surface area contributed by atoms with Gasteiger partial charge in [0.05, 0.1) is 5.76 Å². The molecule has 0 spiro atoms. The highest BCUT2D eigenvalue weighted by Gasteiger charge is 2.18. The number of carbonyl (C=O) groups excluding carboxylic acids is 1. The van der Waals surface area contributed by atoms with Crippen LogP contribution in [-0.4, -0.2) is 20.9 Å². The second-order valence-electron chi connectivity index (χ2n) is 6.00. The van der Waals surface area contributed by atoms with E-state index in [4.69, 9.17) is 9.16 Å². The molecule has 0 saturated carbocycles. The van der Waals surface area contributed by atoms with E-state index in [0.717, 1.165) is 12.2 Å². The molecule has 22 heavy (non-hydrogen) atoms. The summed E-state index contributed by atoms with van der Waals surface area (Å²) in [6.07, 6.45) is 8.28. The monoisotopic (exact) mass is 317 g/mol. The number of hydrogen-bond donors (Lipinski definition) is 0. The Balaban J connectivity index is 2.57. The van der Waals surface area contributed by atoms with Gasteiger partial charge in [0, 0.05) is 12.8 Å². The van der Waals surface area contributed by atoms with Crippen molar-refractivity contribution in [2.45, 2.75) is 39.1 Å². The zero-order valence-corrected chi connectivity index (χ0v) is 14.8. The highest BCUT2D eigenvalue weighted by Crippen LogP contribution is 2.17. The molecule has 119 valence electrons. The van der Waals surface area contributed by atoms with Gasteiger partial charge in [-0.2, -0.15) is 0 Å². The predicted octanol–water partition coefficient (Wildman–Crippen LogP) is 4.14. The van der Waals surface area contributed by atoms with Crippen molar-refractivity contribution in [3.05, 3.63) is 67.0 Å². The minimum absolute atomic E-state index is 0.240. The van der Waals surface area contributed by atoms with E-state index in [2.05, 4.69) is 37.8 Å². The van der Waals surface area contributed by atoms with Crippen molar-refractivity contribution in [2.75, 3.05) is 0 Å². The van der Waals surface area contributed by atoms with Crippen molar-refractivity contribution in [3.8, 4) is 0 Å². The molecule has 3 nitrogen and oxygen atoms in total. The maximum absolute atomic E-state index is 10.3. The van der Waals surface area contributed by atoms with E-state index in [9.17, 15) is 4.79 Å². The average molecular weight is 317 g/mol. The zero-order chi connectivity index (χ0) is 16.4. The molecule has 1 rings (SSSR count). The Kier molecular flexibility index (Phi) is 7.95. The van der Waals surface area contributed by atoms with Gasteiger partial charge in [0.1, 0.15) is 6.10 Å². The van der Waals surface area contributed by atoms with E-state index in [1.54, 1.807) is 0 Å². The van der Waals surface area contributed by atoms with Crippen LogP contribution in [0.3, 0.4) is 0 Å². The fourth-order valence-electron chi connectivity index (χ4n) is 1.77. The SMILES string of the molecule is CC([CH][CH][CH]/C(=C\Cc1ccccc1)O[Si](C)(C)C)OC=O. The number of allylic oxidation sites excluding steroid dienone is 2. The molecule has 1 aromatic carbocycles. The van der Waals surface area contributed by atoms with E-state index in [-0.39, 0.29) is 6.10 Å². The Bertz CT molecular complexity index is 463. The van der Waals surface area contributed by atoms with Gasteiger partial charge >= 0.3 is 0 Å². The summed E-state index contributed by atoms with van der Waals surface area (Å²) in [5.41, 5.74) is 1.24. The second kappa shape index (κ2) is 9.46. The van der Waals surface area contributed by atoms with E-state index < -0.39 is 8.32 Å². The van der Waals surface area contributed by atoms with E-state index in [1.807, 2.05) is 44.4 Å². The standard InChI is InChI=1S/C18H25O3Si/c1-16(20-15-19)9-8-12-18(21-22(2,3)4)14-13-17-10-6-5-7-11-17/h5-12,14-16H,13H2,1-4H3/b18-14+. The van der Waals surface area contributed by atoms with Gasteiger partial charge in [-0.05, 0) is 51.0 Å². The van der Waals surface area contributed by atoms with Crippen LogP contribution >= 0.6 is 0 Å². The molecule has 0 aliphatic heterocycles. The van der Waals surface area contributed by atoms with Gasteiger partial charge in [-0.25, -0.2) is 0 Å². The summed E-state index contributed by atoms with van der Waals surface area (Å²) in [7, 11) is -1.67. The Morgan fingerprint density at radius 3 is 2.50 bits per heavy atom. The summed E-state index contributed by atoms with van der Waals surface area (Å²) in [4.78, 5) is 10.3. The lowest BCUT2D eigenvalue weighted by Crippen LogP contribution is -2.25. The van der Waals surface area contributed by atoms with Crippen LogP contribution in [0.4, 0.5) is 0 Å². The molecule has 4 heteroatoms. The van der Waals surface area contributed by atoms with E-state index in [0.29, 0.717) is 6.47 Å². The van der Waals surface area contributed by atoms with Crippen molar-refractivity contribution in [2.24, 2.45) is 0 Å². The summed E-state index contributed by atoms with van der Waals surface area (Å²) in [6.45, 7) is 8.72. The van der Waals surface area contributed by atoms with Crippen LogP contribution in [0, 0.1) is 19.3 Å². The van der Waals surface area contributed by atoms with Gasteiger partial charge in [0.2, 0.25) is 8.32 Å². The van der Waals surface area contributed by atoms with Crippen molar-refractivity contribution in [3.63, 3.8) is 0 Å². The van der Waals surface area contributed by atoms with Gasteiger partial charge in [-0.3, -0.25) is 4.79 Å². The fourth-order valence-corrected chi connectivity index (χ4v) is 2.63. The third-order valence-corrected chi connectivity index (χ3v) is 3.57. The first-order valence-electron chi connectivity index (χ1n) is 7.44. The van der Waals surface area contributed by atoms with Crippen molar-refractivity contribution in [1.82, 2.24) is 0 Å². The molecular formula is C18H25O3Si. The lowest BCUT2D eigenvalue weighted by Gasteiger charge is -2.22. The maximum atomic E-state index is 10.3. The predicted molar refractivity (Wildman–Crippen MR) is 92.2 cm³/mol. The molecule has 0 aliphatic rings. The Hall–Kier alpha value is -1.55. The van der Waals surface area contributed by atoms with Gasteiger partial charge in [0.15, 0.2) is 0 Å².